The van der Waals surface area contributed by atoms with Crippen LogP contribution in [0.3, 0.4) is 0 Å². The van der Waals surface area contributed by atoms with Gasteiger partial charge in [-0.15, -0.1) is 0 Å². The first-order valence-electron chi connectivity index (χ1n) is 17.8. The monoisotopic (exact) mass is 715 g/mol. The summed E-state index contributed by atoms with van der Waals surface area (Å²) >= 11 is 0. The molecule has 2 fully saturated rings. The maximum atomic E-state index is 13.0. The Bertz CT molecular complexity index is 2330. The summed E-state index contributed by atoms with van der Waals surface area (Å²) < 4.78 is 13.8. The summed E-state index contributed by atoms with van der Waals surface area (Å²) in [6.45, 7) is 7.65. The summed E-state index contributed by atoms with van der Waals surface area (Å²) in [5, 5.41) is 6.69. The number of rotatable bonds is 7. The van der Waals surface area contributed by atoms with Gasteiger partial charge in [0.2, 0.25) is 0 Å². The average molecular weight is 716 g/mol. The molecule has 2 aliphatic heterocycles. The molecule has 0 aliphatic carbocycles. The molecule has 0 unspecified atom stereocenters. The number of aromatic nitrogens is 4. The fraction of sp³-hybridized carbons (Fsp3) is 0.300. The summed E-state index contributed by atoms with van der Waals surface area (Å²) in [7, 11) is 7.17. The zero-order valence-corrected chi connectivity index (χ0v) is 30.6. The smallest absolute Gasteiger partial charge is 0.265 e. The molecule has 13 nitrogen and oxygen atoms in total. The SMILES string of the molecule is CN(C)c1ccc(-c2cc(=O)n3cc(N4CCNCC4)ccc3n2)cc1.COc1ccc(-c2cnc3cc(N4CCNCC4)ccn3c2=O)cc1OC. The van der Waals surface area contributed by atoms with E-state index in [1.54, 1.807) is 53.6 Å². The van der Waals surface area contributed by atoms with Crippen LogP contribution in [-0.2, 0) is 0 Å². The number of pyridine rings is 2. The molecule has 0 saturated carbocycles. The number of fused-ring (bicyclic) bond motifs is 2. The minimum Gasteiger partial charge on any atom is -0.493 e. The van der Waals surface area contributed by atoms with E-state index in [9.17, 15) is 9.59 Å². The zero-order chi connectivity index (χ0) is 36.9. The highest BCUT2D eigenvalue weighted by atomic mass is 16.5. The van der Waals surface area contributed by atoms with E-state index in [1.165, 1.54) is 0 Å². The normalized spacial score (nSPS) is 14.5. The van der Waals surface area contributed by atoms with Gasteiger partial charge in [-0.1, -0.05) is 18.2 Å². The summed E-state index contributed by atoms with van der Waals surface area (Å²) in [6, 6.07) is 23.0. The number of piperazine rings is 2. The van der Waals surface area contributed by atoms with Crippen molar-refractivity contribution in [3.05, 3.63) is 112 Å². The molecule has 13 heteroatoms. The van der Waals surface area contributed by atoms with Gasteiger partial charge in [0, 0.05) is 114 Å². The van der Waals surface area contributed by atoms with Gasteiger partial charge in [-0.2, -0.15) is 0 Å². The first-order valence-corrected chi connectivity index (χ1v) is 17.8. The van der Waals surface area contributed by atoms with Crippen LogP contribution in [0.15, 0.2) is 101 Å². The van der Waals surface area contributed by atoms with Gasteiger partial charge in [0.15, 0.2) is 11.5 Å². The van der Waals surface area contributed by atoms with E-state index in [-0.39, 0.29) is 11.1 Å². The van der Waals surface area contributed by atoms with Gasteiger partial charge in [0.05, 0.1) is 31.2 Å². The van der Waals surface area contributed by atoms with Gasteiger partial charge in [-0.3, -0.25) is 18.4 Å². The number of nitrogens with one attached hydrogen (secondary N) is 2. The summed E-state index contributed by atoms with van der Waals surface area (Å²) in [6.07, 6.45) is 5.32. The van der Waals surface area contributed by atoms with Crippen LogP contribution in [0, 0.1) is 0 Å². The molecule has 0 spiro atoms. The van der Waals surface area contributed by atoms with Crippen LogP contribution in [0.5, 0.6) is 11.5 Å². The topological polar surface area (TPSA) is 121 Å². The highest BCUT2D eigenvalue weighted by Crippen LogP contribution is 2.31. The predicted molar refractivity (Wildman–Crippen MR) is 211 cm³/mol. The van der Waals surface area contributed by atoms with Crippen LogP contribution >= 0.6 is 0 Å². The minimum atomic E-state index is -0.112. The van der Waals surface area contributed by atoms with Crippen molar-refractivity contribution in [1.82, 2.24) is 29.4 Å². The second-order valence-electron chi connectivity index (χ2n) is 13.2. The first-order chi connectivity index (χ1) is 25.8. The van der Waals surface area contributed by atoms with Gasteiger partial charge in [0.1, 0.15) is 11.3 Å². The molecule has 2 aliphatic rings. The molecule has 0 atom stereocenters. The lowest BCUT2D eigenvalue weighted by Crippen LogP contribution is -2.43. The second kappa shape index (κ2) is 15.8. The van der Waals surface area contributed by atoms with E-state index >= 15 is 0 Å². The van der Waals surface area contributed by atoms with Crippen LogP contribution < -0.4 is 45.9 Å². The lowest BCUT2D eigenvalue weighted by Gasteiger charge is -2.29. The molecule has 0 amide bonds. The van der Waals surface area contributed by atoms with E-state index in [0.717, 1.165) is 80.5 Å². The molecule has 0 radical (unpaired) electrons. The van der Waals surface area contributed by atoms with Crippen molar-refractivity contribution in [2.45, 2.75) is 0 Å². The van der Waals surface area contributed by atoms with E-state index in [4.69, 9.17) is 9.47 Å². The zero-order valence-electron chi connectivity index (χ0n) is 30.6. The Morgan fingerprint density at radius 2 is 1.34 bits per heavy atom. The molecule has 2 N–H and O–H groups in total. The fourth-order valence-corrected chi connectivity index (χ4v) is 6.67. The fourth-order valence-electron chi connectivity index (χ4n) is 6.67. The molecule has 2 saturated heterocycles. The average Bonchev–Trinajstić information content (AvgIpc) is 3.21. The van der Waals surface area contributed by atoms with Crippen LogP contribution in [0.2, 0.25) is 0 Å². The third-order valence-corrected chi connectivity index (χ3v) is 9.68. The van der Waals surface area contributed by atoms with Crippen molar-refractivity contribution < 1.29 is 9.47 Å². The Morgan fingerprint density at radius 1 is 0.679 bits per heavy atom. The summed E-state index contributed by atoms with van der Waals surface area (Å²) in [4.78, 5) is 41.5. The van der Waals surface area contributed by atoms with E-state index in [0.29, 0.717) is 34.1 Å². The van der Waals surface area contributed by atoms with Crippen molar-refractivity contribution in [2.75, 3.05) is 95.4 Å². The molecule has 2 aromatic carbocycles. The maximum Gasteiger partial charge on any atom is 0.265 e. The third-order valence-electron chi connectivity index (χ3n) is 9.68. The van der Waals surface area contributed by atoms with Crippen molar-refractivity contribution >= 4 is 28.4 Å². The Balaban J connectivity index is 0.000000164. The number of methoxy groups -OCH3 is 2. The van der Waals surface area contributed by atoms with E-state index in [2.05, 4.69) is 30.4 Å². The number of benzene rings is 2. The van der Waals surface area contributed by atoms with E-state index in [1.807, 2.05) is 79.8 Å². The molecular weight excluding hydrogens is 670 g/mol. The highest BCUT2D eigenvalue weighted by molar-refractivity contribution is 5.68. The lowest BCUT2D eigenvalue weighted by atomic mass is 10.1. The third kappa shape index (κ3) is 7.66. The number of nitrogens with zero attached hydrogens (tertiary/aromatic N) is 7. The first kappa shape index (κ1) is 35.5. The molecule has 8 rings (SSSR count). The Hall–Kier alpha value is -5.92. The van der Waals surface area contributed by atoms with Crippen molar-refractivity contribution in [3.8, 4) is 33.9 Å². The van der Waals surface area contributed by atoms with Gasteiger partial charge in [-0.25, -0.2) is 9.97 Å². The maximum absolute atomic E-state index is 13.0. The quantitative estimate of drug-likeness (QED) is 0.252. The van der Waals surface area contributed by atoms with Crippen LogP contribution in [0.1, 0.15) is 0 Å². The molecule has 6 heterocycles. The number of ether oxygens (including phenoxy) is 2. The van der Waals surface area contributed by atoms with Crippen LogP contribution in [0.4, 0.5) is 17.1 Å². The van der Waals surface area contributed by atoms with Gasteiger partial charge in [-0.05, 0) is 48.0 Å². The van der Waals surface area contributed by atoms with E-state index < -0.39 is 0 Å². The van der Waals surface area contributed by atoms with Crippen LogP contribution in [0.25, 0.3) is 33.7 Å². The summed E-state index contributed by atoms with van der Waals surface area (Å²) in [5.41, 5.74) is 7.31. The highest BCUT2D eigenvalue weighted by Gasteiger charge is 2.15. The Labute approximate surface area is 308 Å². The Kier molecular flexibility index (Phi) is 10.6. The second-order valence-corrected chi connectivity index (χ2v) is 13.2. The number of anilines is 3. The number of hydrogen-bond donors (Lipinski definition) is 2. The minimum absolute atomic E-state index is 0.0568. The molecule has 53 heavy (non-hydrogen) atoms. The largest absolute Gasteiger partial charge is 0.493 e. The van der Waals surface area contributed by atoms with Gasteiger partial charge in [0.25, 0.3) is 11.1 Å². The molecule has 274 valence electrons. The lowest BCUT2D eigenvalue weighted by molar-refractivity contribution is 0.355. The van der Waals surface area contributed by atoms with Gasteiger partial charge < -0.3 is 34.8 Å². The molecule has 4 aromatic heterocycles. The molecule has 6 aromatic rings. The standard InChI is InChI=1S/C20H23N5O.C20H22N4O3/c1-23(2)16-5-3-15(4-6-16)18-13-20(26)25-14-17(7-8-19(25)22-18)24-11-9-21-10-12-24;1-26-17-4-3-14(11-18(17)27-2)16-13-22-19-12-15(5-8-24(19)20(16)25)23-9-6-21-7-10-23/h3-8,13-14,21H,9-12H2,1-2H3;3-5,8,11-13,21H,6-7,9-10H2,1-2H3. The summed E-state index contributed by atoms with van der Waals surface area (Å²) in [5.74, 6) is 1.20. The van der Waals surface area contributed by atoms with Crippen LogP contribution in [-0.4, -0.2) is 99.4 Å². The number of hydrogen-bond acceptors (Lipinski definition) is 11. The Morgan fingerprint density at radius 3 is 2.00 bits per heavy atom. The molecule has 0 bridgehead atoms. The van der Waals surface area contributed by atoms with Crippen molar-refractivity contribution in [1.29, 1.82) is 0 Å². The van der Waals surface area contributed by atoms with Crippen molar-refractivity contribution in [2.24, 2.45) is 0 Å². The molecular formula is C40H45N9O4. The predicted octanol–water partition coefficient (Wildman–Crippen LogP) is 3.63. The van der Waals surface area contributed by atoms with Gasteiger partial charge >= 0.3 is 0 Å². The van der Waals surface area contributed by atoms with Crippen molar-refractivity contribution in [3.63, 3.8) is 0 Å².